The van der Waals surface area contributed by atoms with E-state index in [1.54, 1.807) is 19.4 Å². The van der Waals surface area contributed by atoms with E-state index in [-0.39, 0.29) is 20.8 Å². The second-order valence-corrected chi connectivity index (χ2v) is 13.0. The summed E-state index contributed by atoms with van der Waals surface area (Å²) < 4.78 is 57.1. The average Bonchev–Trinajstić information content (AvgIpc) is 3.28. The van der Waals surface area contributed by atoms with Crippen molar-refractivity contribution in [1.29, 1.82) is 0 Å². The lowest BCUT2D eigenvalue weighted by molar-refractivity contribution is 0.150. The van der Waals surface area contributed by atoms with Gasteiger partial charge in [0, 0.05) is 41.2 Å². The number of nitrogens with one attached hydrogen (secondary N) is 1. The summed E-state index contributed by atoms with van der Waals surface area (Å²) in [7, 11) is -2.44. The Labute approximate surface area is 219 Å². The van der Waals surface area contributed by atoms with Crippen LogP contribution in [0.3, 0.4) is 0 Å². The van der Waals surface area contributed by atoms with Gasteiger partial charge in [-0.15, -0.1) is 14.9 Å². The van der Waals surface area contributed by atoms with Crippen LogP contribution >= 0.6 is 23.1 Å². The topological polar surface area (TPSA) is 120 Å². The lowest BCUT2D eigenvalue weighted by Gasteiger charge is -2.12. The van der Waals surface area contributed by atoms with Gasteiger partial charge < -0.3 is 0 Å². The highest BCUT2D eigenvalue weighted by molar-refractivity contribution is 7.99. The first kappa shape index (κ1) is 25.6. The molecule has 0 saturated heterocycles. The fraction of sp³-hybridized carbons (Fsp3) is 0.364. The number of sulfonamides is 1. The quantitative estimate of drug-likeness (QED) is 0.187. The molecule has 10 nitrogen and oxygen atoms in total. The van der Waals surface area contributed by atoms with Crippen LogP contribution in [0.25, 0.3) is 37.6 Å². The molecule has 3 aromatic heterocycles. The van der Waals surface area contributed by atoms with Gasteiger partial charge in [-0.1, -0.05) is 36.9 Å². The van der Waals surface area contributed by atoms with Crippen molar-refractivity contribution in [3.8, 4) is 21.8 Å². The number of thioether (sulfide) groups is 1. The van der Waals surface area contributed by atoms with E-state index in [9.17, 15) is 17.2 Å². The minimum atomic E-state index is -4.11. The molecule has 5 rings (SSSR count). The van der Waals surface area contributed by atoms with Crippen molar-refractivity contribution >= 4 is 44.0 Å². The van der Waals surface area contributed by atoms with Crippen LogP contribution in [0.1, 0.15) is 38.1 Å². The van der Waals surface area contributed by atoms with Gasteiger partial charge in [-0.3, -0.25) is 9.53 Å². The molecule has 0 amide bonds. The number of alkyl halides is 2. The van der Waals surface area contributed by atoms with E-state index in [0.717, 1.165) is 0 Å². The number of aromatic nitrogens is 6. The van der Waals surface area contributed by atoms with Crippen molar-refractivity contribution in [3.05, 3.63) is 41.0 Å². The van der Waals surface area contributed by atoms with Gasteiger partial charge >= 0.3 is 0 Å². The van der Waals surface area contributed by atoms with Crippen molar-refractivity contribution in [2.75, 3.05) is 0 Å². The molecular formula is C22H20F2N8O2S3. The summed E-state index contributed by atoms with van der Waals surface area (Å²) in [6, 6.07) is 2.89. The van der Waals surface area contributed by atoms with Gasteiger partial charge in [-0.25, -0.2) is 33.7 Å². The third kappa shape index (κ3) is 4.93. The average molecular weight is 563 g/mol. The van der Waals surface area contributed by atoms with Crippen LogP contribution < -0.4 is 4.72 Å². The molecule has 0 atom stereocenters. The fourth-order valence-corrected chi connectivity index (χ4v) is 6.49. The normalized spacial score (nSPS) is 15.0. The van der Waals surface area contributed by atoms with E-state index in [0.29, 0.717) is 51.4 Å². The molecule has 0 bridgehead atoms. The molecule has 1 N–H and O–H groups in total. The van der Waals surface area contributed by atoms with Gasteiger partial charge in [0.15, 0.2) is 15.2 Å². The van der Waals surface area contributed by atoms with E-state index >= 15 is 0 Å². The summed E-state index contributed by atoms with van der Waals surface area (Å²) in [5.41, 5.74) is 0.644. The summed E-state index contributed by atoms with van der Waals surface area (Å²) in [6.45, 7) is 11.4. The Bertz CT molecular complexity index is 1640. The zero-order valence-corrected chi connectivity index (χ0v) is 22.3. The van der Waals surface area contributed by atoms with Crippen LogP contribution in [0, 0.1) is 6.57 Å². The number of aryl methyl sites for hydroxylation is 1. The molecule has 192 valence electrons. The van der Waals surface area contributed by atoms with E-state index in [2.05, 4.69) is 34.8 Å². The smallest absolute Gasteiger partial charge is 0.292 e. The Hall–Kier alpha value is -3.06. The number of hydrogen-bond acceptors (Lipinski definition) is 9. The van der Waals surface area contributed by atoms with Gasteiger partial charge in [0.2, 0.25) is 10.0 Å². The molecule has 37 heavy (non-hydrogen) atoms. The van der Waals surface area contributed by atoms with Gasteiger partial charge in [-0.2, -0.15) is 5.10 Å². The van der Waals surface area contributed by atoms with Crippen LogP contribution in [0.2, 0.25) is 0 Å². The van der Waals surface area contributed by atoms with E-state index in [1.165, 1.54) is 28.6 Å². The zero-order chi connectivity index (χ0) is 26.5. The highest BCUT2D eigenvalue weighted by atomic mass is 32.2. The number of hydrogen-bond donors (Lipinski definition) is 1. The summed E-state index contributed by atoms with van der Waals surface area (Å²) in [5.74, 6) is 0. The van der Waals surface area contributed by atoms with Crippen LogP contribution in [0.15, 0.2) is 34.6 Å². The maximum Gasteiger partial charge on any atom is 0.299 e. The number of fused-ring (bicyclic) bond motifs is 1. The second-order valence-electron chi connectivity index (χ2n) is 8.76. The summed E-state index contributed by atoms with van der Waals surface area (Å²) in [6.07, 6.45) is 1.26. The third-order valence-corrected chi connectivity index (χ3v) is 8.93. The first-order valence-electron chi connectivity index (χ1n) is 11.1. The Morgan fingerprint density at radius 3 is 2.49 bits per heavy atom. The predicted octanol–water partition coefficient (Wildman–Crippen LogP) is 4.67. The maximum atomic E-state index is 13.4. The molecule has 0 unspecified atom stereocenters. The van der Waals surface area contributed by atoms with Gasteiger partial charge in [0.05, 0.1) is 23.3 Å². The minimum Gasteiger partial charge on any atom is -0.292 e. The van der Waals surface area contributed by atoms with E-state index in [4.69, 9.17) is 6.57 Å². The number of benzene rings is 1. The van der Waals surface area contributed by atoms with Crippen molar-refractivity contribution in [2.45, 2.75) is 54.1 Å². The highest BCUT2D eigenvalue weighted by Gasteiger charge is 2.54. The molecule has 1 saturated carbocycles. The molecule has 1 aliphatic rings. The van der Waals surface area contributed by atoms with Crippen molar-refractivity contribution in [1.82, 2.24) is 34.7 Å². The summed E-state index contributed by atoms with van der Waals surface area (Å²) in [4.78, 5) is 12.2. The molecular weight excluding hydrogens is 542 g/mol. The molecule has 0 aliphatic heterocycles. The number of halogens is 2. The fourth-order valence-electron chi connectivity index (χ4n) is 3.73. The van der Waals surface area contributed by atoms with Crippen LogP contribution in [-0.2, 0) is 17.1 Å². The molecule has 15 heteroatoms. The number of nitrogens with zero attached hydrogens (tertiary/aromatic N) is 7. The van der Waals surface area contributed by atoms with Crippen molar-refractivity contribution < 1.29 is 17.2 Å². The Morgan fingerprint density at radius 1 is 1.22 bits per heavy atom. The van der Waals surface area contributed by atoms with Crippen LogP contribution in [0.4, 0.5) is 8.78 Å². The molecule has 4 aromatic rings. The summed E-state index contributed by atoms with van der Waals surface area (Å²) in [5, 5.41) is 12.8. The first-order chi connectivity index (χ1) is 17.5. The molecule has 0 radical (unpaired) electrons. The van der Waals surface area contributed by atoms with E-state index < -0.39 is 27.1 Å². The Kier molecular flexibility index (Phi) is 6.47. The van der Waals surface area contributed by atoms with Gasteiger partial charge in [0.25, 0.3) is 12.1 Å². The molecule has 1 aliphatic carbocycles. The third-order valence-electron chi connectivity index (χ3n) is 5.59. The molecule has 1 fully saturated rings. The molecule has 1 aromatic carbocycles. The zero-order valence-electron chi connectivity index (χ0n) is 19.8. The molecule has 0 spiro atoms. The monoisotopic (exact) mass is 562 g/mol. The summed E-state index contributed by atoms with van der Waals surface area (Å²) >= 11 is 2.18. The maximum absolute atomic E-state index is 13.4. The largest absolute Gasteiger partial charge is 0.299 e. The highest BCUT2D eigenvalue weighted by Crippen LogP contribution is 2.41. The Morgan fingerprint density at radius 2 is 1.92 bits per heavy atom. The van der Waals surface area contributed by atoms with Gasteiger partial charge in [0.1, 0.15) is 5.69 Å². The lowest BCUT2D eigenvalue weighted by Crippen LogP contribution is -2.34. The van der Waals surface area contributed by atoms with Gasteiger partial charge in [-0.05, 0) is 12.1 Å². The standard InChI is InChI=1S/C22H20F2N8O2S3/c1-11(2)35-21-26-9-12(10-27-21)14-7-13(37(33,34)31-22(25-3)5-6-22)8-15-16(30-32(4)17(14)15)19-28-29-20(36-19)18(23)24/h7-11,18,31H,5-6H2,1-2,4H3. The SMILES string of the molecule is [C-]#[N+]C1(NS(=O)(=O)c2cc(-c3cnc(SC(C)C)nc3)c3c(c2)c(-c2nnc(C(F)F)s2)nn3C)CC1. The number of rotatable bonds is 8. The van der Waals surface area contributed by atoms with Crippen molar-refractivity contribution in [2.24, 2.45) is 7.05 Å². The first-order valence-corrected chi connectivity index (χ1v) is 14.2. The molecule has 3 heterocycles. The second kappa shape index (κ2) is 9.35. The van der Waals surface area contributed by atoms with Crippen molar-refractivity contribution in [3.63, 3.8) is 0 Å². The van der Waals surface area contributed by atoms with Crippen LogP contribution in [-0.4, -0.2) is 49.3 Å². The van der Waals surface area contributed by atoms with Crippen LogP contribution in [0.5, 0.6) is 0 Å². The minimum absolute atomic E-state index is 0.0987. The predicted molar refractivity (Wildman–Crippen MR) is 135 cm³/mol. The lowest BCUT2D eigenvalue weighted by atomic mass is 10.0. The van der Waals surface area contributed by atoms with E-state index in [1.807, 2.05) is 13.8 Å². The Balaban J connectivity index is 1.71.